The molecule has 1 amide bonds. The topological polar surface area (TPSA) is 81.6 Å². The molecule has 1 aromatic heterocycles. The predicted octanol–water partition coefficient (Wildman–Crippen LogP) is 1.78. The first-order valence-corrected chi connectivity index (χ1v) is 7.17. The summed E-state index contributed by atoms with van der Waals surface area (Å²) in [6.07, 6.45) is 3.02. The molecule has 0 radical (unpaired) electrons. The number of aromatic nitrogens is 2. The quantitative estimate of drug-likeness (QED) is 0.828. The molecule has 22 heavy (non-hydrogen) atoms. The average molecular weight is 307 g/mol. The molecule has 7 heteroatoms. The Bertz CT molecular complexity index is 551. The Morgan fingerprint density at radius 2 is 1.95 bits per heavy atom. The van der Waals surface area contributed by atoms with Crippen molar-refractivity contribution in [2.24, 2.45) is 0 Å². The minimum Gasteiger partial charge on any atom is -0.467 e. The van der Waals surface area contributed by atoms with Crippen LogP contribution in [-0.4, -0.2) is 52.5 Å². The van der Waals surface area contributed by atoms with E-state index >= 15 is 0 Å². The van der Waals surface area contributed by atoms with Crippen molar-refractivity contribution < 1.29 is 19.1 Å². The lowest BCUT2D eigenvalue weighted by Gasteiger charge is -2.33. The van der Waals surface area contributed by atoms with Crippen molar-refractivity contribution in [3.05, 3.63) is 18.0 Å². The number of methoxy groups -OCH3 is 1. The van der Waals surface area contributed by atoms with Crippen LogP contribution in [0.1, 0.15) is 38.7 Å². The van der Waals surface area contributed by atoms with Gasteiger partial charge in [0.05, 0.1) is 13.0 Å². The molecule has 0 N–H and O–H groups in total. The number of ether oxygens (including phenoxy) is 2. The number of carbonyl (C=O) groups excluding carboxylic acids is 2. The Morgan fingerprint density at radius 1 is 1.32 bits per heavy atom. The van der Waals surface area contributed by atoms with Gasteiger partial charge in [0.1, 0.15) is 11.4 Å². The molecule has 1 saturated heterocycles. The number of hydrogen-bond donors (Lipinski definition) is 0. The van der Waals surface area contributed by atoms with Crippen molar-refractivity contribution in [1.29, 1.82) is 0 Å². The van der Waals surface area contributed by atoms with E-state index in [2.05, 4.69) is 9.97 Å². The summed E-state index contributed by atoms with van der Waals surface area (Å²) in [6, 6.07) is 0.246. The van der Waals surface area contributed by atoms with Gasteiger partial charge in [-0.05, 0) is 20.8 Å². The monoisotopic (exact) mass is 307 g/mol. The van der Waals surface area contributed by atoms with E-state index in [1.807, 2.05) is 20.8 Å². The van der Waals surface area contributed by atoms with Crippen LogP contribution in [0.25, 0.3) is 0 Å². The first-order chi connectivity index (χ1) is 10.3. The fourth-order valence-electron chi connectivity index (χ4n) is 2.23. The molecule has 0 aliphatic carbocycles. The maximum atomic E-state index is 12.1. The second-order valence-electron chi connectivity index (χ2n) is 6.20. The molecule has 0 aromatic carbocycles. The summed E-state index contributed by atoms with van der Waals surface area (Å²) in [4.78, 5) is 33.9. The van der Waals surface area contributed by atoms with Crippen LogP contribution in [0.2, 0.25) is 0 Å². The molecule has 1 fully saturated rings. The third-order valence-electron chi connectivity index (χ3n) is 3.30. The molecule has 1 aliphatic heterocycles. The van der Waals surface area contributed by atoms with Gasteiger partial charge in [-0.2, -0.15) is 0 Å². The van der Waals surface area contributed by atoms with Crippen molar-refractivity contribution in [2.45, 2.75) is 38.7 Å². The number of piperidine rings is 1. The summed E-state index contributed by atoms with van der Waals surface area (Å²) in [5, 5.41) is 0. The van der Waals surface area contributed by atoms with Gasteiger partial charge in [0.15, 0.2) is 0 Å². The molecule has 0 spiro atoms. The molecule has 2 heterocycles. The minimum absolute atomic E-state index is 0.0774. The van der Waals surface area contributed by atoms with Gasteiger partial charge in [-0.3, -0.25) is 4.79 Å². The number of ketones is 1. The summed E-state index contributed by atoms with van der Waals surface area (Å²) in [6.45, 7) is 6.10. The highest BCUT2D eigenvalue weighted by Gasteiger charge is 2.33. The van der Waals surface area contributed by atoms with Gasteiger partial charge in [0, 0.05) is 37.5 Å². The predicted molar refractivity (Wildman–Crippen MR) is 78.8 cm³/mol. The van der Waals surface area contributed by atoms with Crippen molar-refractivity contribution in [2.75, 3.05) is 20.2 Å². The zero-order valence-corrected chi connectivity index (χ0v) is 13.3. The zero-order chi connectivity index (χ0) is 16.3. The Balaban J connectivity index is 2.10. The number of nitrogens with zero attached hydrogens (tertiary/aromatic N) is 3. The van der Waals surface area contributed by atoms with Gasteiger partial charge in [0.25, 0.3) is 0 Å². The normalized spacial score (nSPS) is 19.0. The largest absolute Gasteiger partial charge is 0.467 e. The van der Waals surface area contributed by atoms with E-state index in [0.717, 1.165) is 0 Å². The third kappa shape index (κ3) is 3.93. The molecule has 1 aromatic rings. The maximum Gasteiger partial charge on any atom is 0.410 e. The van der Waals surface area contributed by atoms with E-state index in [9.17, 15) is 9.59 Å². The molecule has 1 atom stereocenters. The highest BCUT2D eigenvalue weighted by Crippen LogP contribution is 2.25. The van der Waals surface area contributed by atoms with Gasteiger partial charge in [-0.1, -0.05) is 0 Å². The summed E-state index contributed by atoms with van der Waals surface area (Å²) in [5.41, 5.74) is 0.121. The van der Waals surface area contributed by atoms with E-state index in [1.54, 1.807) is 17.3 Å². The molecule has 1 aliphatic rings. The summed E-state index contributed by atoms with van der Waals surface area (Å²) < 4.78 is 10.3. The molecule has 0 bridgehead atoms. The van der Waals surface area contributed by atoms with Gasteiger partial charge in [-0.15, -0.1) is 0 Å². The molecule has 0 saturated carbocycles. The van der Waals surface area contributed by atoms with E-state index in [-0.39, 0.29) is 18.3 Å². The van der Waals surface area contributed by atoms with Gasteiger partial charge in [0.2, 0.25) is 0 Å². The Morgan fingerprint density at radius 3 is 2.50 bits per heavy atom. The fraction of sp³-hybridized carbons (Fsp3) is 0.600. The van der Waals surface area contributed by atoms with Gasteiger partial charge < -0.3 is 14.4 Å². The third-order valence-corrected chi connectivity index (χ3v) is 3.30. The van der Waals surface area contributed by atoms with E-state index in [1.165, 1.54) is 7.11 Å². The minimum atomic E-state index is -0.558. The second-order valence-corrected chi connectivity index (χ2v) is 6.20. The number of Topliss-reactive ketones (excluding diaryl/α,β-unsaturated/α-hetero) is 1. The fourth-order valence-corrected chi connectivity index (χ4v) is 2.23. The summed E-state index contributed by atoms with van der Waals surface area (Å²) >= 11 is 0. The molecule has 120 valence electrons. The lowest BCUT2D eigenvalue weighted by molar-refractivity contribution is -0.123. The Kier molecular flexibility index (Phi) is 4.63. The van der Waals surface area contributed by atoms with E-state index in [4.69, 9.17) is 9.47 Å². The van der Waals surface area contributed by atoms with Crippen molar-refractivity contribution in [3.63, 3.8) is 0 Å². The first-order valence-electron chi connectivity index (χ1n) is 7.17. The van der Waals surface area contributed by atoms with Crippen molar-refractivity contribution in [1.82, 2.24) is 14.9 Å². The SMILES string of the molecule is COc1ncc(C2CN(C(=O)OC(C)(C)C)CCC2=O)cn1. The zero-order valence-electron chi connectivity index (χ0n) is 13.3. The number of likely N-dealkylation sites (tertiary alicyclic amines) is 1. The van der Waals surface area contributed by atoms with Crippen LogP contribution in [0.15, 0.2) is 12.4 Å². The molecule has 1 unspecified atom stereocenters. The van der Waals surface area contributed by atoms with E-state index in [0.29, 0.717) is 18.5 Å². The number of carbonyl (C=O) groups is 2. The van der Waals surface area contributed by atoms with Crippen molar-refractivity contribution >= 4 is 11.9 Å². The lowest BCUT2D eigenvalue weighted by atomic mass is 9.91. The summed E-state index contributed by atoms with van der Waals surface area (Å²) in [7, 11) is 1.48. The number of hydrogen-bond acceptors (Lipinski definition) is 6. The maximum absolute atomic E-state index is 12.1. The van der Waals surface area contributed by atoms with Crippen LogP contribution >= 0.6 is 0 Å². The Labute approximate surface area is 129 Å². The van der Waals surface area contributed by atoms with Crippen LogP contribution in [0.3, 0.4) is 0 Å². The van der Waals surface area contributed by atoms with Gasteiger partial charge >= 0.3 is 12.1 Å². The number of amides is 1. The summed E-state index contributed by atoms with van der Waals surface area (Å²) in [5.74, 6) is -0.347. The van der Waals surface area contributed by atoms with E-state index < -0.39 is 17.6 Å². The van der Waals surface area contributed by atoms with Crippen LogP contribution in [-0.2, 0) is 9.53 Å². The lowest BCUT2D eigenvalue weighted by Crippen LogP contribution is -2.45. The molecule has 2 rings (SSSR count). The second kappa shape index (κ2) is 6.29. The molecule has 7 nitrogen and oxygen atoms in total. The Hall–Kier alpha value is -2.18. The highest BCUT2D eigenvalue weighted by molar-refractivity contribution is 5.88. The average Bonchev–Trinajstić information content (AvgIpc) is 2.46. The van der Waals surface area contributed by atoms with Crippen molar-refractivity contribution in [3.8, 4) is 6.01 Å². The van der Waals surface area contributed by atoms with Crippen LogP contribution in [0, 0.1) is 0 Å². The van der Waals surface area contributed by atoms with Crippen LogP contribution in [0.4, 0.5) is 4.79 Å². The molecular formula is C15H21N3O4. The first kappa shape index (κ1) is 16.2. The standard InChI is InChI=1S/C15H21N3O4/c1-15(2,3)22-14(20)18-6-5-12(19)11(9-18)10-7-16-13(21-4)17-8-10/h7-8,11H,5-6,9H2,1-4H3. The molecular weight excluding hydrogens is 286 g/mol. The van der Waals surface area contributed by atoms with Crippen LogP contribution < -0.4 is 4.74 Å². The number of rotatable bonds is 2. The van der Waals surface area contributed by atoms with Crippen LogP contribution in [0.5, 0.6) is 6.01 Å². The highest BCUT2D eigenvalue weighted by atomic mass is 16.6. The smallest absolute Gasteiger partial charge is 0.410 e. The van der Waals surface area contributed by atoms with Gasteiger partial charge in [-0.25, -0.2) is 14.8 Å².